The second kappa shape index (κ2) is 8.05. The van der Waals surface area contributed by atoms with Gasteiger partial charge in [0.1, 0.15) is 11.7 Å². The summed E-state index contributed by atoms with van der Waals surface area (Å²) in [4.78, 5) is 21.4. The number of sulfone groups is 1. The second-order valence-corrected chi connectivity index (χ2v) is 11.1. The average Bonchev–Trinajstić information content (AvgIpc) is 3.15. The van der Waals surface area contributed by atoms with Crippen molar-refractivity contribution in [3.05, 3.63) is 53.9 Å². The van der Waals surface area contributed by atoms with Gasteiger partial charge in [0.2, 0.25) is 5.91 Å². The maximum Gasteiger partial charge on any atom is 0.238 e. The summed E-state index contributed by atoms with van der Waals surface area (Å²) in [6, 6.07) is 11.4. The number of pyridine rings is 1. The first-order valence-electron chi connectivity index (χ1n) is 9.83. The van der Waals surface area contributed by atoms with Gasteiger partial charge in [0.25, 0.3) is 0 Å². The number of amides is 1. The van der Waals surface area contributed by atoms with E-state index >= 15 is 0 Å². The van der Waals surface area contributed by atoms with Crippen molar-refractivity contribution in [3.63, 3.8) is 0 Å². The number of primary amides is 1. The summed E-state index contributed by atoms with van der Waals surface area (Å²) in [5.41, 5.74) is 8.28. The van der Waals surface area contributed by atoms with Gasteiger partial charge in [-0.1, -0.05) is 29.4 Å². The Hall–Kier alpha value is -2.78. The molecule has 2 unspecified atom stereocenters. The van der Waals surface area contributed by atoms with Crippen LogP contribution in [0.2, 0.25) is 0 Å². The molecule has 2 aromatic rings. The van der Waals surface area contributed by atoms with Crippen molar-refractivity contribution in [1.82, 2.24) is 4.98 Å². The molecular weight excluding hydrogens is 418 g/mol. The van der Waals surface area contributed by atoms with Gasteiger partial charge in [0.05, 0.1) is 11.4 Å². The molecule has 2 atom stereocenters. The highest BCUT2D eigenvalue weighted by Crippen LogP contribution is 2.30. The van der Waals surface area contributed by atoms with Crippen molar-refractivity contribution in [3.8, 4) is 11.1 Å². The Bertz CT molecular complexity index is 1120. The SMILES string of the molecule is CC(C)(O)c1cc(-c2ccc(C3=NOC(CC(C)(C(N)=O)S(C)(=O)=O)C3)cc2)ccn1. The molecule has 0 fully saturated rings. The standard InChI is InChI=1S/C22H27N3O5S/c1-21(2,27)19-11-16(9-10-24-19)14-5-7-15(8-6-14)18-12-17(30-25-18)13-22(3,20(23)26)31(4,28)29/h5-11,17,27H,12-13H2,1-4H3,(H2,23,26). The van der Waals surface area contributed by atoms with Gasteiger partial charge >= 0.3 is 0 Å². The van der Waals surface area contributed by atoms with Crippen LogP contribution in [0.4, 0.5) is 0 Å². The van der Waals surface area contributed by atoms with Gasteiger partial charge in [-0.05, 0) is 49.6 Å². The molecule has 0 saturated carbocycles. The van der Waals surface area contributed by atoms with E-state index in [0.717, 1.165) is 22.9 Å². The van der Waals surface area contributed by atoms with E-state index in [0.29, 0.717) is 17.8 Å². The number of carbonyl (C=O) groups is 1. The third kappa shape index (κ3) is 4.77. The summed E-state index contributed by atoms with van der Waals surface area (Å²) < 4.78 is 22.4. The Morgan fingerprint density at radius 2 is 1.77 bits per heavy atom. The fraction of sp³-hybridized carbons (Fsp3) is 0.409. The predicted octanol–water partition coefficient (Wildman–Crippen LogP) is 2.15. The number of aromatic nitrogens is 1. The fourth-order valence-electron chi connectivity index (χ4n) is 3.38. The molecule has 1 aromatic carbocycles. The van der Waals surface area contributed by atoms with E-state index in [9.17, 15) is 18.3 Å². The zero-order valence-corrected chi connectivity index (χ0v) is 18.8. The zero-order chi connectivity index (χ0) is 23.0. The van der Waals surface area contributed by atoms with E-state index in [1.54, 1.807) is 20.0 Å². The Morgan fingerprint density at radius 1 is 1.16 bits per heavy atom. The van der Waals surface area contributed by atoms with Gasteiger partial charge in [0.15, 0.2) is 14.6 Å². The number of aliphatic hydroxyl groups is 1. The highest BCUT2D eigenvalue weighted by atomic mass is 32.2. The summed E-state index contributed by atoms with van der Waals surface area (Å²) in [5, 5.41) is 14.3. The summed E-state index contributed by atoms with van der Waals surface area (Å²) >= 11 is 0. The number of nitrogens with two attached hydrogens (primary N) is 1. The molecule has 8 nitrogen and oxygen atoms in total. The minimum atomic E-state index is -3.71. The first-order valence-corrected chi connectivity index (χ1v) is 11.7. The van der Waals surface area contributed by atoms with Crippen LogP contribution >= 0.6 is 0 Å². The smallest absolute Gasteiger partial charge is 0.238 e. The van der Waals surface area contributed by atoms with Gasteiger partial charge in [-0.3, -0.25) is 9.78 Å². The number of carbonyl (C=O) groups excluding carboxylic acids is 1. The molecule has 0 bridgehead atoms. The van der Waals surface area contributed by atoms with Crippen LogP contribution in [-0.2, 0) is 25.1 Å². The summed E-state index contributed by atoms with van der Waals surface area (Å²) in [7, 11) is -3.71. The maximum absolute atomic E-state index is 12.1. The lowest BCUT2D eigenvalue weighted by molar-refractivity contribution is -0.121. The summed E-state index contributed by atoms with van der Waals surface area (Å²) in [6.45, 7) is 4.69. The van der Waals surface area contributed by atoms with Gasteiger partial charge in [-0.2, -0.15) is 0 Å². The second-order valence-electron chi connectivity index (χ2n) is 8.61. The van der Waals surface area contributed by atoms with Crippen molar-refractivity contribution in [2.24, 2.45) is 10.9 Å². The third-order valence-corrected chi connectivity index (χ3v) is 7.63. The molecule has 1 aromatic heterocycles. The van der Waals surface area contributed by atoms with Gasteiger partial charge in [0, 0.05) is 25.3 Å². The lowest BCUT2D eigenvalue weighted by Crippen LogP contribution is -2.49. The van der Waals surface area contributed by atoms with Crippen LogP contribution in [-0.4, -0.2) is 47.2 Å². The topological polar surface area (TPSA) is 132 Å². The lowest BCUT2D eigenvalue weighted by Gasteiger charge is -2.25. The van der Waals surface area contributed by atoms with Gasteiger partial charge in [-0.25, -0.2) is 8.42 Å². The predicted molar refractivity (Wildman–Crippen MR) is 118 cm³/mol. The van der Waals surface area contributed by atoms with E-state index in [-0.39, 0.29) is 6.42 Å². The Morgan fingerprint density at radius 3 is 2.32 bits per heavy atom. The van der Waals surface area contributed by atoms with E-state index in [2.05, 4.69) is 10.1 Å². The molecule has 1 aliphatic rings. The van der Waals surface area contributed by atoms with E-state index in [4.69, 9.17) is 10.6 Å². The molecule has 1 aliphatic heterocycles. The molecule has 3 N–H and O–H groups in total. The van der Waals surface area contributed by atoms with E-state index in [1.165, 1.54) is 6.92 Å². The summed E-state index contributed by atoms with van der Waals surface area (Å²) in [6.07, 6.45) is 2.40. The molecule has 0 radical (unpaired) electrons. The normalized spacial score (nSPS) is 18.7. The van der Waals surface area contributed by atoms with Crippen LogP contribution in [0.3, 0.4) is 0 Å². The van der Waals surface area contributed by atoms with Crippen LogP contribution in [0.1, 0.15) is 44.9 Å². The number of benzene rings is 1. The molecule has 166 valence electrons. The van der Waals surface area contributed by atoms with Crippen LogP contribution in [0.5, 0.6) is 0 Å². The molecule has 0 saturated heterocycles. The highest BCUT2D eigenvalue weighted by molar-refractivity contribution is 7.92. The molecule has 0 aliphatic carbocycles. The minimum Gasteiger partial charge on any atom is -0.392 e. The third-order valence-electron chi connectivity index (χ3n) is 5.63. The summed E-state index contributed by atoms with van der Waals surface area (Å²) in [5.74, 6) is -0.904. The number of hydrogen-bond acceptors (Lipinski definition) is 7. The lowest BCUT2D eigenvalue weighted by atomic mass is 9.95. The molecule has 1 amide bonds. The number of hydrogen-bond donors (Lipinski definition) is 2. The maximum atomic E-state index is 12.1. The highest BCUT2D eigenvalue weighted by Gasteiger charge is 2.45. The van der Waals surface area contributed by atoms with Crippen molar-refractivity contribution >= 4 is 21.5 Å². The molecule has 31 heavy (non-hydrogen) atoms. The quantitative estimate of drug-likeness (QED) is 0.671. The van der Waals surface area contributed by atoms with Crippen LogP contribution in [0.15, 0.2) is 47.8 Å². The van der Waals surface area contributed by atoms with Crippen molar-refractivity contribution in [2.75, 3.05) is 6.26 Å². The number of oxime groups is 1. The van der Waals surface area contributed by atoms with Crippen LogP contribution in [0.25, 0.3) is 11.1 Å². The van der Waals surface area contributed by atoms with E-state index < -0.39 is 32.2 Å². The number of nitrogens with zero attached hydrogens (tertiary/aromatic N) is 2. The first kappa shape index (κ1) is 22.9. The average molecular weight is 446 g/mol. The number of rotatable bonds is 7. The van der Waals surface area contributed by atoms with Gasteiger partial charge in [-0.15, -0.1) is 0 Å². The van der Waals surface area contributed by atoms with Crippen molar-refractivity contribution in [2.45, 2.75) is 50.1 Å². The monoisotopic (exact) mass is 445 g/mol. The molecule has 0 spiro atoms. The Balaban J connectivity index is 1.74. The largest absolute Gasteiger partial charge is 0.392 e. The van der Waals surface area contributed by atoms with Gasteiger partial charge < -0.3 is 15.7 Å². The molecule has 3 rings (SSSR count). The first-order chi connectivity index (χ1) is 14.3. The van der Waals surface area contributed by atoms with Crippen LogP contribution in [0, 0.1) is 0 Å². The molecule has 2 heterocycles. The minimum absolute atomic E-state index is 0.0665. The molecular formula is C22H27N3O5S. The zero-order valence-electron chi connectivity index (χ0n) is 18.0. The Kier molecular flexibility index (Phi) is 5.94. The Labute approximate surface area is 182 Å². The fourth-order valence-corrected chi connectivity index (χ4v) is 4.23. The van der Waals surface area contributed by atoms with Crippen LogP contribution < -0.4 is 5.73 Å². The van der Waals surface area contributed by atoms with Crippen molar-refractivity contribution < 1.29 is 23.2 Å². The molecule has 9 heteroatoms. The van der Waals surface area contributed by atoms with E-state index in [1.807, 2.05) is 36.4 Å². The van der Waals surface area contributed by atoms with Crippen molar-refractivity contribution in [1.29, 1.82) is 0 Å².